The molecule has 3 aromatic rings. The Bertz CT molecular complexity index is 875. The monoisotopic (exact) mass is 322 g/mol. The van der Waals surface area contributed by atoms with Crippen LogP contribution in [0.2, 0.25) is 5.02 Å². The number of aromatic nitrogens is 1. The van der Waals surface area contributed by atoms with Crippen LogP contribution in [-0.4, -0.2) is 11.2 Å². The maximum atomic E-state index is 5.94. The summed E-state index contributed by atoms with van der Waals surface area (Å²) in [6.07, 6.45) is 5.40. The van der Waals surface area contributed by atoms with Crippen molar-refractivity contribution in [1.82, 2.24) is 4.98 Å². The van der Waals surface area contributed by atoms with Crippen molar-refractivity contribution < 1.29 is 0 Å². The highest BCUT2D eigenvalue weighted by molar-refractivity contribution is 6.30. The third-order valence-electron chi connectivity index (χ3n) is 4.61. The Morgan fingerprint density at radius 1 is 1.17 bits per heavy atom. The SMILES string of the molecule is Cc1ccc2[nH]c3c(c2c1)CCC[C@H]3N=Cc1ccc(Cl)cc1. The minimum absolute atomic E-state index is 0.224. The Balaban J connectivity index is 1.70. The van der Waals surface area contributed by atoms with Crippen LogP contribution in [0, 0.1) is 6.92 Å². The molecule has 2 nitrogen and oxygen atoms in total. The number of fused-ring (bicyclic) bond motifs is 3. The average Bonchev–Trinajstić information content (AvgIpc) is 2.93. The first kappa shape index (κ1) is 14.5. The number of hydrogen-bond donors (Lipinski definition) is 1. The molecule has 0 saturated carbocycles. The van der Waals surface area contributed by atoms with Crippen LogP contribution in [0.3, 0.4) is 0 Å². The van der Waals surface area contributed by atoms with E-state index in [-0.39, 0.29) is 6.04 Å². The number of nitrogens with zero attached hydrogens (tertiary/aromatic N) is 1. The second-order valence-electron chi connectivity index (χ2n) is 6.30. The van der Waals surface area contributed by atoms with Crippen LogP contribution in [0.15, 0.2) is 47.5 Å². The molecule has 0 amide bonds. The van der Waals surface area contributed by atoms with E-state index in [4.69, 9.17) is 16.6 Å². The minimum Gasteiger partial charge on any atom is -0.356 e. The lowest BCUT2D eigenvalue weighted by Gasteiger charge is -2.19. The summed E-state index contributed by atoms with van der Waals surface area (Å²) in [5.74, 6) is 0. The first-order valence-electron chi connectivity index (χ1n) is 8.10. The van der Waals surface area contributed by atoms with Crippen molar-refractivity contribution in [3.63, 3.8) is 0 Å². The van der Waals surface area contributed by atoms with E-state index < -0.39 is 0 Å². The van der Waals surface area contributed by atoms with E-state index in [9.17, 15) is 0 Å². The summed E-state index contributed by atoms with van der Waals surface area (Å²) in [6, 6.07) is 14.7. The second-order valence-corrected chi connectivity index (χ2v) is 6.74. The Hall–Kier alpha value is -2.06. The van der Waals surface area contributed by atoms with Gasteiger partial charge >= 0.3 is 0 Å². The van der Waals surface area contributed by atoms with Gasteiger partial charge in [0.1, 0.15) is 0 Å². The lowest BCUT2D eigenvalue weighted by molar-refractivity contribution is 0.566. The molecule has 0 aliphatic heterocycles. The van der Waals surface area contributed by atoms with E-state index in [1.54, 1.807) is 0 Å². The zero-order valence-electron chi connectivity index (χ0n) is 13.1. The molecule has 0 spiro atoms. The highest BCUT2D eigenvalue weighted by Gasteiger charge is 2.23. The van der Waals surface area contributed by atoms with Gasteiger partial charge in [-0.3, -0.25) is 4.99 Å². The minimum atomic E-state index is 0.224. The molecule has 23 heavy (non-hydrogen) atoms. The fourth-order valence-electron chi connectivity index (χ4n) is 3.43. The summed E-state index contributed by atoms with van der Waals surface area (Å²) in [5, 5.41) is 2.12. The van der Waals surface area contributed by atoms with Gasteiger partial charge in [-0.05, 0) is 61.6 Å². The van der Waals surface area contributed by atoms with E-state index in [0.29, 0.717) is 0 Å². The molecule has 4 rings (SSSR count). The number of aromatic amines is 1. The zero-order valence-corrected chi connectivity index (χ0v) is 13.9. The van der Waals surface area contributed by atoms with Crippen molar-refractivity contribution in [2.45, 2.75) is 32.2 Å². The predicted octanol–water partition coefficient (Wildman–Crippen LogP) is 5.63. The van der Waals surface area contributed by atoms with Gasteiger partial charge in [-0.25, -0.2) is 0 Å². The fourth-order valence-corrected chi connectivity index (χ4v) is 3.55. The first-order chi connectivity index (χ1) is 11.2. The first-order valence-corrected chi connectivity index (χ1v) is 8.48. The van der Waals surface area contributed by atoms with Crippen LogP contribution in [0.5, 0.6) is 0 Å². The number of benzene rings is 2. The predicted molar refractivity (Wildman–Crippen MR) is 97.8 cm³/mol. The molecule has 1 aliphatic rings. The summed E-state index contributed by atoms with van der Waals surface area (Å²) in [4.78, 5) is 8.45. The van der Waals surface area contributed by atoms with Gasteiger partial charge in [0.25, 0.3) is 0 Å². The van der Waals surface area contributed by atoms with Crippen molar-refractivity contribution >= 4 is 28.7 Å². The highest BCUT2D eigenvalue weighted by Crippen LogP contribution is 2.37. The molecule has 0 saturated heterocycles. The molecular weight excluding hydrogens is 304 g/mol. The van der Waals surface area contributed by atoms with Crippen LogP contribution in [-0.2, 0) is 6.42 Å². The van der Waals surface area contributed by atoms with Crippen molar-refractivity contribution in [3.05, 3.63) is 69.9 Å². The maximum absolute atomic E-state index is 5.94. The normalized spacial score (nSPS) is 17.7. The Morgan fingerprint density at radius 2 is 2.00 bits per heavy atom. The molecule has 1 aromatic heterocycles. The van der Waals surface area contributed by atoms with E-state index >= 15 is 0 Å². The van der Waals surface area contributed by atoms with Crippen LogP contribution >= 0.6 is 11.6 Å². The molecule has 1 heterocycles. The number of H-pyrrole nitrogens is 1. The molecule has 0 unspecified atom stereocenters. The lowest BCUT2D eigenvalue weighted by Crippen LogP contribution is -2.07. The van der Waals surface area contributed by atoms with Gasteiger partial charge in [0, 0.05) is 27.8 Å². The van der Waals surface area contributed by atoms with Crippen LogP contribution < -0.4 is 0 Å². The number of nitrogens with one attached hydrogen (secondary N) is 1. The summed E-state index contributed by atoms with van der Waals surface area (Å²) in [5.41, 5.74) is 6.38. The van der Waals surface area contributed by atoms with Crippen LogP contribution in [0.4, 0.5) is 0 Å². The summed E-state index contributed by atoms with van der Waals surface area (Å²) < 4.78 is 0. The molecule has 2 aromatic carbocycles. The molecule has 1 atom stereocenters. The molecule has 0 bridgehead atoms. The summed E-state index contributed by atoms with van der Waals surface area (Å²) in [6.45, 7) is 2.15. The van der Waals surface area contributed by atoms with Crippen molar-refractivity contribution in [1.29, 1.82) is 0 Å². The lowest BCUT2D eigenvalue weighted by atomic mass is 9.92. The largest absolute Gasteiger partial charge is 0.356 e. The molecule has 1 N–H and O–H groups in total. The third kappa shape index (κ3) is 2.79. The van der Waals surface area contributed by atoms with E-state index in [2.05, 4.69) is 30.1 Å². The third-order valence-corrected chi connectivity index (χ3v) is 4.86. The molecule has 116 valence electrons. The topological polar surface area (TPSA) is 28.1 Å². The molecule has 3 heteroatoms. The molecule has 1 aliphatic carbocycles. The maximum Gasteiger partial charge on any atom is 0.0900 e. The van der Waals surface area contributed by atoms with Crippen molar-refractivity contribution in [2.24, 2.45) is 4.99 Å². The van der Waals surface area contributed by atoms with E-state index in [0.717, 1.165) is 23.4 Å². The number of rotatable bonds is 2. The summed E-state index contributed by atoms with van der Waals surface area (Å²) >= 11 is 5.94. The Kier molecular flexibility index (Phi) is 3.70. The molecule has 0 fully saturated rings. The van der Waals surface area contributed by atoms with E-state index in [1.807, 2.05) is 30.5 Å². The molecular formula is C20H19ClN2. The number of aliphatic imine (C=N–C) groups is 1. The average molecular weight is 323 g/mol. The standard InChI is InChI=1S/C20H19ClN2/c1-13-5-10-18-17(11-13)16-3-2-4-19(20(16)23-18)22-12-14-6-8-15(21)9-7-14/h5-12,19,23H,2-4H2,1H3/t19-/m1/s1. The van der Waals surface area contributed by atoms with Gasteiger partial charge in [-0.2, -0.15) is 0 Å². The van der Waals surface area contributed by atoms with Crippen molar-refractivity contribution in [2.75, 3.05) is 0 Å². The smallest absolute Gasteiger partial charge is 0.0900 e. The van der Waals surface area contributed by atoms with Crippen LogP contribution in [0.25, 0.3) is 10.9 Å². The Morgan fingerprint density at radius 3 is 2.83 bits per heavy atom. The van der Waals surface area contributed by atoms with Gasteiger partial charge in [0.15, 0.2) is 0 Å². The number of hydrogen-bond acceptors (Lipinski definition) is 1. The zero-order chi connectivity index (χ0) is 15.8. The number of aryl methyl sites for hydroxylation is 2. The van der Waals surface area contributed by atoms with Gasteiger partial charge in [-0.1, -0.05) is 35.4 Å². The van der Waals surface area contributed by atoms with Gasteiger partial charge in [-0.15, -0.1) is 0 Å². The number of halogens is 1. The van der Waals surface area contributed by atoms with Gasteiger partial charge < -0.3 is 4.98 Å². The van der Waals surface area contributed by atoms with Gasteiger partial charge in [0.05, 0.1) is 6.04 Å². The van der Waals surface area contributed by atoms with Gasteiger partial charge in [0.2, 0.25) is 0 Å². The quantitative estimate of drug-likeness (QED) is 0.593. The van der Waals surface area contributed by atoms with Crippen molar-refractivity contribution in [3.8, 4) is 0 Å². The summed E-state index contributed by atoms with van der Waals surface area (Å²) in [7, 11) is 0. The molecule has 0 radical (unpaired) electrons. The highest BCUT2D eigenvalue weighted by atomic mass is 35.5. The van der Waals surface area contributed by atoms with Crippen LogP contribution in [0.1, 0.15) is 41.3 Å². The Labute approximate surface area is 141 Å². The fraction of sp³-hybridized carbons (Fsp3) is 0.250. The second kappa shape index (κ2) is 5.86. The van der Waals surface area contributed by atoms with E-state index in [1.165, 1.54) is 34.1 Å².